The molecule has 0 radical (unpaired) electrons. The minimum atomic E-state index is -0.0845. The van der Waals surface area contributed by atoms with E-state index >= 15 is 0 Å². The second kappa shape index (κ2) is 7.44. The molecule has 3 atom stereocenters. The monoisotopic (exact) mass is 275 g/mol. The number of carbonyl (C=O) groups is 1. The van der Waals surface area contributed by atoms with E-state index in [0.717, 1.165) is 24.8 Å². The maximum Gasteiger partial charge on any atom is 0.309 e. The van der Waals surface area contributed by atoms with Crippen LogP contribution < -0.4 is 5.73 Å². The third-order valence-electron chi connectivity index (χ3n) is 4.36. The molecule has 3 heteroatoms. The number of nitrogens with two attached hydrogens (primary N) is 1. The summed E-state index contributed by atoms with van der Waals surface area (Å²) in [5.74, 6) is 0.157. The van der Waals surface area contributed by atoms with Gasteiger partial charge in [-0.15, -0.1) is 0 Å². The molecule has 0 spiro atoms. The molecule has 0 saturated heterocycles. The van der Waals surface area contributed by atoms with Gasteiger partial charge in [0.05, 0.1) is 5.92 Å². The lowest BCUT2D eigenvalue weighted by molar-refractivity contribution is -0.152. The number of esters is 1. The summed E-state index contributed by atoms with van der Waals surface area (Å²) in [7, 11) is 0. The topological polar surface area (TPSA) is 52.3 Å². The molecule has 20 heavy (non-hydrogen) atoms. The second-order valence-corrected chi connectivity index (χ2v) is 5.72. The van der Waals surface area contributed by atoms with Crippen molar-refractivity contribution in [3.05, 3.63) is 35.9 Å². The lowest BCUT2D eigenvalue weighted by atomic mass is 9.76. The van der Waals surface area contributed by atoms with E-state index in [-0.39, 0.29) is 23.8 Å². The molecule has 0 amide bonds. The molecule has 0 aliphatic heterocycles. The minimum Gasteiger partial charge on any atom is -0.461 e. The summed E-state index contributed by atoms with van der Waals surface area (Å²) < 4.78 is 5.49. The van der Waals surface area contributed by atoms with Crippen LogP contribution in [-0.2, 0) is 16.1 Å². The smallest absolute Gasteiger partial charge is 0.309 e. The fraction of sp³-hybridized carbons (Fsp3) is 0.588. The van der Waals surface area contributed by atoms with Gasteiger partial charge in [0.2, 0.25) is 0 Å². The summed E-state index contributed by atoms with van der Waals surface area (Å²) >= 11 is 0. The van der Waals surface area contributed by atoms with Crippen molar-refractivity contribution in [3.8, 4) is 0 Å². The fourth-order valence-electron chi connectivity index (χ4n) is 3.17. The van der Waals surface area contributed by atoms with Gasteiger partial charge in [0.15, 0.2) is 0 Å². The highest BCUT2D eigenvalue weighted by Crippen LogP contribution is 2.32. The Hall–Kier alpha value is -1.35. The van der Waals surface area contributed by atoms with Crippen molar-refractivity contribution < 1.29 is 9.53 Å². The van der Waals surface area contributed by atoms with Gasteiger partial charge in [-0.05, 0) is 30.7 Å². The van der Waals surface area contributed by atoms with Crippen LogP contribution >= 0.6 is 0 Å². The molecular formula is C17H25NO2. The van der Waals surface area contributed by atoms with Crippen LogP contribution in [0.1, 0.15) is 44.6 Å². The Kier molecular flexibility index (Phi) is 5.60. The minimum absolute atomic E-state index is 0.0472. The first-order valence-electron chi connectivity index (χ1n) is 7.68. The first-order valence-corrected chi connectivity index (χ1v) is 7.68. The van der Waals surface area contributed by atoms with Gasteiger partial charge in [0.25, 0.3) is 0 Å². The molecule has 0 bridgehead atoms. The summed E-state index contributed by atoms with van der Waals surface area (Å²) in [6, 6.07) is 9.97. The number of carbonyl (C=O) groups excluding carboxylic acids is 1. The van der Waals surface area contributed by atoms with Crippen LogP contribution in [0.3, 0.4) is 0 Å². The first kappa shape index (κ1) is 15.0. The van der Waals surface area contributed by atoms with Gasteiger partial charge >= 0.3 is 5.97 Å². The van der Waals surface area contributed by atoms with Gasteiger partial charge in [-0.1, -0.05) is 50.1 Å². The van der Waals surface area contributed by atoms with Crippen molar-refractivity contribution in [2.75, 3.05) is 0 Å². The zero-order chi connectivity index (χ0) is 14.4. The molecule has 1 aliphatic rings. The number of benzene rings is 1. The maximum absolute atomic E-state index is 12.3. The van der Waals surface area contributed by atoms with Gasteiger partial charge in [-0.3, -0.25) is 4.79 Å². The van der Waals surface area contributed by atoms with Gasteiger partial charge in [0, 0.05) is 6.04 Å². The molecule has 1 aromatic rings. The zero-order valence-electron chi connectivity index (χ0n) is 12.3. The van der Waals surface area contributed by atoms with Gasteiger partial charge in [0.1, 0.15) is 6.61 Å². The number of hydrogen-bond acceptors (Lipinski definition) is 3. The Bertz CT molecular complexity index is 418. The van der Waals surface area contributed by atoms with Crippen molar-refractivity contribution >= 4 is 5.97 Å². The third-order valence-corrected chi connectivity index (χ3v) is 4.36. The molecule has 0 aromatic heterocycles. The molecule has 1 aromatic carbocycles. The van der Waals surface area contributed by atoms with Crippen molar-refractivity contribution in [2.24, 2.45) is 17.6 Å². The summed E-state index contributed by atoms with van der Waals surface area (Å²) in [6.45, 7) is 2.41. The van der Waals surface area contributed by atoms with Crippen LogP contribution in [0, 0.1) is 11.8 Å². The van der Waals surface area contributed by atoms with Crippen LogP contribution in [-0.4, -0.2) is 12.0 Å². The molecule has 1 saturated carbocycles. The van der Waals surface area contributed by atoms with E-state index in [1.54, 1.807) is 0 Å². The molecule has 3 nitrogen and oxygen atoms in total. The Morgan fingerprint density at radius 1 is 1.30 bits per heavy atom. The van der Waals surface area contributed by atoms with Gasteiger partial charge in [-0.25, -0.2) is 0 Å². The van der Waals surface area contributed by atoms with E-state index in [4.69, 9.17) is 10.5 Å². The van der Waals surface area contributed by atoms with Crippen molar-refractivity contribution in [1.82, 2.24) is 0 Å². The molecule has 0 unspecified atom stereocenters. The van der Waals surface area contributed by atoms with E-state index < -0.39 is 0 Å². The molecule has 1 fully saturated rings. The lowest BCUT2D eigenvalue weighted by Crippen LogP contribution is -2.40. The Balaban J connectivity index is 1.91. The highest BCUT2D eigenvalue weighted by atomic mass is 16.5. The summed E-state index contributed by atoms with van der Waals surface area (Å²) in [5, 5.41) is 0. The van der Waals surface area contributed by atoms with Crippen LogP contribution in [0.2, 0.25) is 0 Å². The van der Waals surface area contributed by atoms with Gasteiger partial charge in [-0.2, -0.15) is 0 Å². The average molecular weight is 275 g/mol. The number of hydrogen-bond donors (Lipinski definition) is 1. The van der Waals surface area contributed by atoms with Crippen molar-refractivity contribution in [1.29, 1.82) is 0 Å². The average Bonchev–Trinajstić information content (AvgIpc) is 2.49. The van der Waals surface area contributed by atoms with Gasteiger partial charge < -0.3 is 10.5 Å². The summed E-state index contributed by atoms with van der Waals surface area (Å²) in [4.78, 5) is 12.3. The first-order chi connectivity index (χ1) is 9.72. The summed E-state index contributed by atoms with van der Waals surface area (Å²) in [6.07, 6.45) is 5.27. The molecule has 1 aliphatic carbocycles. The quantitative estimate of drug-likeness (QED) is 0.839. The molecule has 2 N–H and O–H groups in total. The van der Waals surface area contributed by atoms with E-state index in [1.807, 2.05) is 30.3 Å². The van der Waals surface area contributed by atoms with Crippen LogP contribution in [0.15, 0.2) is 30.3 Å². The standard InChI is InChI=1S/C17H25NO2/c1-2-14(15-10-6-7-11-16(15)18)17(19)20-12-13-8-4-3-5-9-13/h3-5,8-9,14-16H,2,6-7,10-12,18H2,1H3/t14-,15-,16-/m0/s1. The van der Waals surface area contributed by atoms with E-state index in [2.05, 4.69) is 6.92 Å². The lowest BCUT2D eigenvalue weighted by Gasteiger charge is -2.33. The van der Waals surface area contributed by atoms with Crippen LogP contribution in [0.25, 0.3) is 0 Å². The van der Waals surface area contributed by atoms with E-state index in [0.29, 0.717) is 6.61 Å². The Morgan fingerprint density at radius 3 is 2.65 bits per heavy atom. The van der Waals surface area contributed by atoms with E-state index in [1.165, 1.54) is 12.8 Å². The Morgan fingerprint density at radius 2 is 2.00 bits per heavy atom. The van der Waals surface area contributed by atoms with Crippen molar-refractivity contribution in [2.45, 2.75) is 51.7 Å². The summed E-state index contributed by atoms with van der Waals surface area (Å²) in [5.41, 5.74) is 7.22. The predicted molar refractivity (Wildman–Crippen MR) is 80.0 cm³/mol. The van der Waals surface area contributed by atoms with Crippen LogP contribution in [0.5, 0.6) is 0 Å². The zero-order valence-corrected chi connectivity index (χ0v) is 12.3. The largest absolute Gasteiger partial charge is 0.461 e. The third kappa shape index (κ3) is 3.83. The highest BCUT2D eigenvalue weighted by molar-refractivity contribution is 5.72. The Labute approximate surface area is 121 Å². The predicted octanol–water partition coefficient (Wildman–Crippen LogP) is 3.27. The number of rotatable bonds is 5. The van der Waals surface area contributed by atoms with E-state index in [9.17, 15) is 4.79 Å². The van der Waals surface area contributed by atoms with Crippen molar-refractivity contribution in [3.63, 3.8) is 0 Å². The fourth-order valence-corrected chi connectivity index (χ4v) is 3.17. The molecule has 0 heterocycles. The highest BCUT2D eigenvalue weighted by Gasteiger charge is 2.33. The normalized spacial score (nSPS) is 24.1. The SMILES string of the molecule is CC[C@H](C(=O)OCc1ccccc1)[C@@H]1CCCC[C@@H]1N. The second-order valence-electron chi connectivity index (χ2n) is 5.72. The molecular weight excluding hydrogens is 250 g/mol. The van der Waals surface area contributed by atoms with Crippen LogP contribution in [0.4, 0.5) is 0 Å². The molecule has 110 valence electrons. The molecule has 2 rings (SSSR count). The maximum atomic E-state index is 12.3. The number of ether oxygens (including phenoxy) is 1.